The molecule has 10 nitrogen and oxygen atoms in total. The number of imidazole rings is 1. The highest BCUT2D eigenvalue weighted by Crippen LogP contribution is 2.33. The minimum absolute atomic E-state index is 0.0683. The number of likely N-dealkylation sites (N-methyl/N-ethyl adjacent to an activating group) is 1. The van der Waals surface area contributed by atoms with Crippen LogP contribution in [-0.4, -0.2) is 79.6 Å². The molecule has 3 heterocycles. The number of fused-ring (bicyclic) bond motifs is 1. The number of para-hydroxylation sites is 1. The van der Waals surface area contributed by atoms with Gasteiger partial charge in [-0.1, -0.05) is 30.4 Å². The molecule has 1 aromatic carbocycles. The van der Waals surface area contributed by atoms with E-state index in [1.165, 1.54) is 12.7 Å². The van der Waals surface area contributed by atoms with Gasteiger partial charge in [0.15, 0.2) is 23.2 Å². The van der Waals surface area contributed by atoms with Crippen molar-refractivity contribution in [3.63, 3.8) is 0 Å². The molecule has 0 saturated carbocycles. The van der Waals surface area contributed by atoms with Crippen molar-refractivity contribution in [1.29, 1.82) is 0 Å². The molecule has 3 aromatic rings. The Morgan fingerprint density at radius 3 is 2.84 bits per heavy atom. The van der Waals surface area contributed by atoms with E-state index in [0.29, 0.717) is 29.9 Å². The van der Waals surface area contributed by atoms with Crippen LogP contribution >= 0.6 is 12.2 Å². The molecule has 3 N–H and O–H groups in total. The highest BCUT2D eigenvalue weighted by molar-refractivity contribution is 7.80. The smallest absolute Gasteiger partial charge is 0.261 e. The molecule has 1 saturated heterocycles. The van der Waals surface area contributed by atoms with Gasteiger partial charge in [0.25, 0.3) is 5.17 Å². The first kappa shape index (κ1) is 25.2. The van der Waals surface area contributed by atoms with Gasteiger partial charge < -0.3 is 29.9 Å². The second-order valence-electron chi connectivity index (χ2n) is 8.91. The molecular weight excluding hydrogens is 499 g/mol. The molecule has 1 aliphatic heterocycles. The molecule has 1 unspecified atom stereocenters. The summed E-state index contributed by atoms with van der Waals surface area (Å²) in [5.74, 6) is 0.546. The highest BCUT2D eigenvalue weighted by Gasteiger charge is 2.45. The Kier molecular flexibility index (Phi) is 7.42. The number of aliphatic hydroxyl groups is 2. The number of ether oxygens (including phenoxy) is 2. The number of nitrogens with zero attached hydrogens (tertiary/aromatic N) is 5. The third kappa shape index (κ3) is 5.47. The number of aromatic nitrogens is 4. The predicted octanol–water partition coefficient (Wildman–Crippen LogP) is 2.52. The van der Waals surface area contributed by atoms with Crippen LogP contribution in [0, 0.1) is 0 Å². The molecule has 1 aliphatic carbocycles. The van der Waals surface area contributed by atoms with E-state index >= 15 is 0 Å². The van der Waals surface area contributed by atoms with Gasteiger partial charge in [0.2, 0.25) is 0 Å². The number of rotatable bonds is 7. The fraction of sp³-hybridized carbons (Fsp3) is 0.360. The van der Waals surface area contributed by atoms with Crippen molar-refractivity contribution in [2.45, 2.75) is 37.1 Å². The number of allylic oxidation sites excluding steroid dienone is 2. The van der Waals surface area contributed by atoms with Gasteiger partial charge in [-0.2, -0.15) is 0 Å². The summed E-state index contributed by atoms with van der Waals surface area (Å²) < 4.78 is 26.8. The fourth-order valence-electron chi connectivity index (χ4n) is 4.39. The Labute approximate surface area is 218 Å². The van der Waals surface area contributed by atoms with Crippen LogP contribution in [0.3, 0.4) is 0 Å². The number of aliphatic hydroxyl groups excluding tert-OH is 2. The van der Waals surface area contributed by atoms with Gasteiger partial charge in [-0.25, -0.2) is 19.3 Å². The molecule has 5 atom stereocenters. The van der Waals surface area contributed by atoms with Gasteiger partial charge >= 0.3 is 0 Å². The first-order valence-electron chi connectivity index (χ1n) is 11.8. The first-order chi connectivity index (χ1) is 17.9. The van der Waals surface area contributed by atoms with E-state index in [4.69, 9.17) is 21.7 Å². The number of anilines is 2. The van der Waals surface area contributed by atoms with Crippen LogP contribution in [0.1, 0.15) is 12.6 Å². The Morgan fingerprint density at radius 1 is 1.24 bits per heavy atom. The van der Waals surface area contributed by atoms with Gasteiger partial charge in [0, 0.05) is 25.7 Å². The zero-order valence-electron chi connectivity index (χ0n) is 20.0. The van der Waals surface area contributed by atoms with Crippen LogP contribution in [0.5, 0.6) is 0 Å². The molecule has 194 valence electrons. The average molecular weight is 527 g/mol. The number of thiocarbonyl (C=S) groups is 1. The first-order valence-corrected chi connectivity index (χ1v) is 12.2. The number of alkyl halides is 1. The van der Waals surface area contributed by atoms with Gasteiger partial charge in [-0.15, -0.1) is 0 Å². The summed E-state index contributed by atoms with van der Waals surface area (Å²) in [5.41, 5.74) is 2.52. The molecule has 0 amide bonds. The molecule has 5 rings (SSSR count). The quantitative estimate of drug-likeness (QED) is 0.397. The van der Waals surface area contributed by atoms with Gasteiger partial charge in [-0.3, -0.25) is 4.57 Å². The molecule has 2 aromatic heterocycles. The van der Waals surface area contributed by atoms with Gasteiger partial charge in [0.05, 0.1) is 6.33 Å². The van der Waals surface area contributed by atoms with E-state index in [1.807, 2.05) is 54.4 Å². The Morgan fingerprint density at radius 2 is 2.05 bits per heavy atom. The summed E-state index contributed by atoms with van der Waals surface area (Å²) in [4.78, 5) is 15.0. The molecule has 0 spiro atoms. The maximum atomic E-state index is 13.7. The van der Waals surface area contributed by atoms with Crippen molar-refractivity contribution in [3.05, 3.63) is 66.8 Å². The maximum absolute atomic E-state index is 13.7. The van der Waals surface area contributed by atoms with Crippen molar-refractivity contribution in [3.8, 4) is 0 Å². The molecule has 0 bridgehead atoms. The lowest BCUT2D eigenvalue weighted by molar-refractivity contribution is -0.0486. The molecule has 2 aliphatic rings. The van der Waals surface area contributed by atoms with Crippen molar-refractivity contribution in [1.82, 2.24) is 19.5 Å². The van der Waals surface area contributed by atoms with Crippen molar-refractivity contribution < 1.29 is 24.1 Å². The average Bonchev–Trinajstić information content (AvgIpc) is 3.44. The predicted molar refractivity (Wildman–Crippen MR) is 140 cm³/mol. The van der Waals surface area contributed by atoms with Crippen LogP contribution in [0.2, 0.25) is 0 Å². The zero-order chi connectivity index (χ0) is 25.9. The van der Waals surface area contributed by atoms with Crippen molar-refractivity contribution in [2.24, 2.45) is 0 Å². The van der Waals surface area contributed by atoms with Crippen LogP contribution in [0.25, 0.3) is 11.2 Å². The summed E-state index contributed by atoms with van der Waals surface area (Å²) in [6.45, 7) is 0.370. The topological polar surface area (TPSA) is 118 Å². The largest absolute Gasteiger partial charge is 0.468 e. The van der Waals surface area contributed by atoms with E-state index in [2.05, 4.69) is 20.3 Å². The normalized spacial score (nSPS) is 25.2. The number of nitrogens with one attached hydrogen (secondary N) is 1. The van der Waals surface area contributed by atoms with Gasteiger partial charge in [-0.05, 0) is 36.0 Å². The monoisotopic (exact) mass is 526 g/mol. The van der Waals surface area contributed by atoms with E-state index < -0.39 is 30.7 Å². The van der Waals surface area contributed by atoms with Crippen LogP contribution in [0.15, 0.2) is 66.8 Å². The van der Waals surface area contributed by atoms with Crippen LogP contribution < -0.4 is 10.2 Å². The summed E-state index contributed by atoms with van der Waals surface area (Å²) >= 11 is 5.22. The lowest BCUT2D eigenvalue weighted by atomic mass is 10.1. The maximum Gasteiger partial charge on any atom is 0.261 e. The Bertz CT molecular complexity index is 1320. The number of benzene rings is 1. The number of halogens is 1. The molecule has 1 fully saturated rings. The Balaban J connectivity index is 1.28. The molecule has 12 heteroatoms. The number of hydrogen-bond acceptors (Lipinski definition) is 9. The third-order valence-electron chi connectivity index (χ3n) is 6.22. The van der Waals surface area contributed by atoms with Gasteiger partial charge in [0.1, 0.15) is 37.4 Å². The Hall–Kier alpha value is -3.45. The lowest BCUT2D eigenvalue weighted by Crippen LogP contribution is -2.34. The minimum atomic E-state index is -1.25. The lowest BCUT2D eigenvalue weighted by Gasteiger charge is -2.21. The van der Waals surface area contributed by atoms with Crippen LogP contribution in [-0.2, 0) is 9.47 Å². The van der Waals surface area contributed by atoms with E-state index in [-0.39, 0.29) is 11.8 Å². The third-order valence-corrected chi connectivity index (χ3v) is 6.44. The standard InChI is InChI=1S/C25H27FN6O4S/c1-31(11-15-6-5-7-16(26)10-15)22-19-23(28-13-27-22)32(14-29-19)24-21(34)20(33)18(36-24)12-35-25(37)30-17-8-3-2-4-9-17/h2-6,8-10,13-14,16,18,20-21,24,33-34H,7,11-12H2,1H3,(H,30,37)/t16?,18-,20-,21-,24-/m1/s1. The molecule has 37 heavy (non-hydrogen) atoms. The minimum Gasteiger partial charge on any atom is -0.468 e. The fourth-order valence-corrected chi connectivity index (χ4v) is 4.58. The second-order valence-corrected chi connectivity index (χ2v) is 9.28. The summed E-state index contributed by atoms with van der Waals surface area (Å²) in [5, 5.41) is 24.4. The van der Waals surface area contributed by atoms with E-state index in [9.17, 15) is 14.6 Å². The van der Waals surface area contributed by atoms with E-state index in [1.54, 1.807) is 10.6 Å². The van der Waals surface area contributed by atoms with E-state index in [0.717, 1.165) is 11.3 Å². The summed E-state index contributed by atoms with van der Waals surface area (Å²) in [6.07, 6.45) is 3.31. The molecule has 0 radical (unpaired) electrons. The highest BCUT2D eigenvalue weighted by atomic mass is 32.1. The number of hydrogen-bond donors (Lipinski definition) is 3. The molecular formula is C25H27FN6O4S. The second kappa shape index (κ2) is 10.9. The summed E-state index contributed by atoms with van der Waals surface area (Å²) in [6, 6.07) is 9.30. The van der Waals surface area contributed by atoms with Crippen molar-refractivity contribution in [2.75, 3.05) is 30.4 Å². The zero-order valence-corrected chi connectivity index (χ0v) is 20.8. The van der Waals surface area contributed by atoms with Crippen LogP contribution in [0.4, 0.5) is 15.9 Å². The van der Waals surface area contributed by atoms with Crippen molar-refractivity contribution >= 4 is 40.1 Å². The summed E-state index contributed by atoms with van der Waals surface area (Å²) in [7, 11) is 1.84. The SMILES string of the molecule is CN(CC1=CC(F)CC=C1)c1ncnc2c1ncn2[C@@H]1O[C@H](COC(=S)Nc2ccccc2)[C@@H](O)[C@H]1O.